The van der Waals surface area contributed by atoms with Crippen LogP contribution in [0, 0.1) is 5.21 Å². The Labute approximate surface area is 193 Å². The maximum absolute atomic E-state index is 12.7. The zero-order chi connectivity index (χ0) is 24.1. The highest BCUT2D eigenvalue weighted by molar-refractivity contribution is 7.91. The van der Waals surface area contributed by atoms with Crippen LogP contribution in [0.25, 0.3) is 11.0 Å². The van der Waals surface area contributed by atoms with Crippen molar-refractivity contribution in [3.63, 3.8) is 0 Å². The van der Waals surface area contributed by atoms with Crippen LogP contribution in [-0.4, -0.2) is 33.9 Å². The maximum Gasteiger partial charge on any atom is 0.414 e. The summed E-state index contributed by atoms with van der Waals surface area (Å²) in [7, 11) is -2.67. The van der Waals surface area contributed by atoms with Gasteiger partial charge in [0.25, 0.3) is 9.84 Å². The first-order valence-electron chi connectivity index (χ1n) is 10.2. The van der Waals surface area contributed by atoms with Crippen LogP contribution in [0.1, 0.15) is 12.8 Å². The van der Waals surface area contributed by atoms with E-state index < -0.39 is 26.4 Å². The van der Waals surface area contributed by atoms with Crippen molar-refractivity contribution in [2.75, 3.05) is 20.3 Å². The van der Waals surface area contributed by atoms with Crippen molar-refractivity contribution in [3.8, 4) is 17.4 Å². The number of hydrogen-bond acceptors (Lipinski definition) is 10. The fourth-order valence-electron chi connectivity index (χ4n) is 3.14. The SMILES string of the molecule is COc1cc2ccc(=O)oc2cc1OCCCCOc1no[n+]([O-])c1S(=O)(=O)c1ccccc1. The summed E-state index contributed by atoms with van der Waals surface area (Å²) >= 11 is 0. The summed E-state index contributed by atoms with van der Waals surface area (Å²) in [5.41, 5.74) is -0.0996. The van der Waals surface area contributed by atoms with E-state index in [1.54, 1.807) is 24.3 Å². The highest BCUT2D eigenvalue weighted by Gasteiger charge is 2.35. The van der Waals surface area contributed by atoms with Gasteiger partial charge < -0.3 is 23.8 Å². The Hall–Kier alpha value is -4.06. The largest absolute Gasteiger partial charge is 0.493 e. The van der Waals surface area contributed by atoms with E-state index in [-0.39, 0.29) is 23.0 Å². The zero-order valence-corrected chi connectivity index (χ0v) is 18.8. The number of rotatable bonds is 10. The van der Waals surface area contributed by atoms with Crippen molar-refractivity contribution in [1.82, 2.24) is 5.16 Å². The van der Waals surface area contributed by atoms with E-state index in [0.717, 1.165) is 0 Å². The van der Waals surface area contributed by atoms with Gasteiger partial charge in [-0.2, -0.15) is 0 Å². The number of sulfone groups is 1. The van der Waals surface area contributed by atoms with Crippen LogP contribution < -0.4 is 24.7 Å². The van der Waals surface area contributed by atoms with Gasteiger partial charge in [-0.15, -0.1) is 0 Å². The Balaban J connectivity index is 1.35. The molecule has 34 heavy (non-hydrogen) atoms. The third-order valence-corrected chi connectivity index (χ3v) is 6.52. The van der Waals surface area contributed by atoms with Gasteiger partial charge in [0.05, 0.1) is 30.4 Å². The lowest BCUT2D eigenvalue weighted by Crippen LogP contribution is -2.31. The number of ether oxygens (including phenoxy) is 3. The molecular weight excluding hydrogens is 468 g/mol. The first-order valence-corrected chi connectivity index (χ1v) is 11.7. The number of unbranched alkanes of at least 4 members (excludes halogenated alkanes) is 1. The number of hydrogen-bond donors (Lipinski definition) is 0. The molecule has 11 nitrogen and oxygen atoms in total. The Bertz CT molecular complexity index is 1450. The van der Waals surface area contributed by atoms with Crippen LogP contribution >= 0.6 is 0 Å². The van der Waals surface area contributed by atoms with Crippen LogP contribution in [0.4, 0.5) is 0 Å². The van der Waals surface area contributed by atoms with Gasteiger partial charge in [0, 0.05) is 17.5 Å². The molecule has 0 aliphatic rings. The predicted molar refractivity (Wildman–Crippen MR) is 117 cm³/mol. The summed E-state index contributed by atoms with van der Waals surface area (Å²) in [6.45, 7) is 0.342. The van der Waals surface area contributed by atoms with Crippen molar-refractivity contribution < 1.29 is 36.6 Å². The van der Waals surface area contributed by atoms with Crippen LogP contribution in [0.5, 0.6) is 17.4 Å². The summed E-state index contributed by atoms with van der Waals surface area (Å²) in [4.78, 5) is 11.2. The summed E-state index contributed by atoms with van der Waals surface area (Å²) in [6.07, 6.45) is 0.984. The molecule has 0 N–H and O–H groups in total. The van der Waals surface area contributed by atoms with Crippen LogP contribution in [-0.2, 0) is 9.84 Å². The van der Waals surface area contributed by atoms with Gasteiger partial charge in [0.2, 0.25) is 0 Å². The molecule has 0 atom stereocenters. The lowest BCUT2D eigenvalue weighted by Gasteiger charge is -2.11. The molecule has 2 aromatic heterocycles. The second-order valence-electron chi connectivity index (χ2n) is 7.06. The minimum Gasteiger partial charge on any atom is -0.493 e. The predicted octanol–water partition coefficient (Wildman–Crippen LogP) is 2.49. The van der Waals surface area contributed by atoms with Gasteiger partial charge in [-0.05, 0) is 42.0 Å². The van der Waals surface area contributed by atoms with Crippen molar-refractivity contribution >= 4 is 20.8 Å². The van der Waals surface area contributed by atoms with Gasteiger partial charge in [-0.25, -0.2) is 13.2 Å². The first-order chi connectivity index (χ1) is 16.4. The molecule has 2 aromatic carbocycles. The smallest absolute Gasteiger partial charge is 0.414 e. The van der Waals surface area contributed by atoms with Gasteiger partial charge in [0.15, 0.2) is 11.5 Å². The Morgan fingerprint density at radius 1 is 1.00 bits per heavy atom. The van der Waals surface area contributed by atoms with Crippen LogP contribution in [0.15, 0.2) is 78.4 Å². The molecule has 0 aliphatic carbocycles. The average molecular weight is 488 g/mol. The minimum atomic E-state index is -4.17. The molecule has 0 aliphatic heterocycles. The molecule has 12 heteroatoms. The second kappa shape index (κ2) is 9.83. The molecular formula is C22H20N2O9S. The fraction of sp³-hybridized carbons (Fsp3) is 0.227. The number of fused-ring (bicyclic) bond motifs is 1. The molecule has 178 valence electrons. The number of benzene rings is 2. The van der Waals surface area contributed by atoms with E-state index in [1.807, 2.05) is 0 Å². The Morgan fingerprint density at radius 3 is 2.47 bits per heavy atom. The molecule has 4 rings (SSSR count). The normalized spacial score (nSPS) is 11.4. The third-order valence-electron chi connectivity index (χ3n) is 4.80. The molecule has 0 unspecified atom stereocenters. The van der Waals surface area contributed by atoms with Crippen molar-refractivity contribution in [2.45, 2.75) is 22.8 Å². The van der Waals surface area contributed by atoms with Crippen molar-refractivity contribution in [1.29, 1.82) is 0 Å². The quantitative estimate of drug-likeness (QED) is 0.185. The average Bonchev–Trinajstić information content (AvgIpc) is 3.22. The summed E-state index contributed by atoms with van der Waals surface area (Å²) in [5, 5.41) is 15.3. The maximum atomic E-state index is 12.7. The standard InChI is InChI=1S/C22H20N2O9S/c1-29-18-13-15-9-10-20(25)32-17(15)14-19(18)30-11-5-6-12-31-21-22(24(26)33-23-21)34(27,28)16-7-3-2-4-8-16/h2-4,7-10,13-14H,5-6,11-12H2,1H3. The molecule has 0 spiro atoms. The molecule has 0 radical (unpaired) electrons. The van der Waals surface area contributed by atoms with Crippen LogP contribution in [0.3, 0.4) is 0 Å². The monoisotopic (exact) mass is 488 g/mol. The fourth-order valence-corrected chi connectivity index (χ4v) is 4.44. The van der Waals surface area contributed by atoms with Crippen molar-refractivity contribution in [3.05, 3.63) is 70.2 Å². The molecule has 0 bridgehead atoms. The molecule has 0 fully saturated rings. The molecule has 0 saturated heterocycles. The molecule has 0 amide bonds. The van der Waals surface area contributed by atoms with Gasteiger partial charge in [0.1, 0.15) is 5.58 Å². The van der Waals surface area contributed by atoms with Gasteiger partial charge >= 0.3 is 16.5 Å². The number of methoxy groups -OCH3 is 1. The van der Waals surface area contributed by atoms with E-state index in [9.17, 15) is 18.4 Å². The van der Waals surface area contributed by atoms with Crippen molar-refractivity contribution in [2.24, 2.45) is 0 Å². The first kappa shape index (κ1) is 23.1. The van der Waals surface area contributed by atoms with E-state index in [2.05, 4.69) is 9.79 Å². The summed E-state index contributed by atoms with van der Waals surface area (Å²) in [6, 6.07) is 13.7. The number of nitrogens with zero attached hydrogens (tertiary/aromatic N) is 2. The van der Waals surface area contributed by atoms with Crippen LogP contribution in [0.2, 0.25) is 0 Å². The summed E-state index contributed by atoms with van der Waals surface area (Å²) < 4.78 is 51.6. The molecule has 4 aromatic rings. The van der Waals surface area contributed by atoms with Gasteiger partial charge in [-0.1, -0.05) is 18.2 Å². The lowest BCUT2D eigenvalue weighted by atomic mass is 10.2. The lowest BCUT2D eigenvalue weighted by molar-refractivity contribution is -0.832. The second-order valence-corrected chi connectivity index (χ2v) is 8.92. The summed E-state index contributed by atoms with van der Waals surface area (Å²) in [5.74, 6) is 0.479. The van der Waals surface area contributed by atoms with Gasteiger partial charge in [-0.3, -0.25) is 4.63 Å². The zero-order valence-electron chi connectivity index (χ0n) is 18.0. The highest BCUT2D eigenvalue weighted by atomic mass is 32.2. The van der Waals surface area contributed by atoms with E-state index in [0.29, 0.717) is 35.3 Å². The molecule has 0 saturated carbocycles. The van der Waals surface area contributed by atoms with E-state index in [4.69, 9.17) is 18.6 Å². The topological polar surface area (TPSA) is 145 Å². The highest BCUT2D eigenvalue weighted by Crippen LogP contribution is 2.32. The third kappa shape index (κ3) is 4.81. The minimum absolute atomic E-state index is 0.0664. The van der Waals surface area contributed by atoms with E-state index >= 15 is 0 Å². The Kier molecular flexibility index (Phi) is 6.68. The number of aromatic nitrogens is 2. The van der Waals surface area contributed by atoms with E-state index in [1.165, 1.54) is 37.4 Å². The molecule has 2 heterocycles. The Morgan fingerprint density at radius 2 is 1.74 bits per heavy atom.